The first kappa shape index (κ1) is 21.8. The Morgan fingerprint density at radius 2 is 1.78 bits per heavy atom. The Morgan fingerprint density at radius 3 is 2.44 bits per heavy atom. The molecule has 2 aliphatic rings. The molecule has 0 atom stereocenters. The Kier molecular flexibility index (Phi) is 5.86. The molecule has 170 valence electrons. The maximum Gasteiger partial charge on any atom is 0.260 e. The van der Waals surface area contributed by atoms with Crippen LogP contribution in [-0.2, 0) is 4.79 Å². The van der Waals surface area contributed by atoms with E-state index in [2.05, 4.69) is 4.90 Å². The predicted molar refractivity (Wildman–Crippen MR) is 119 cm³/mol. The van der Waals surface area contributed by atoms with Crippen LogP contribution in [-0.4, -0.2) is 67.2 Å². The number of phenols is 1. The topological polar surface area (TPSA) is 88.5 Å². The zero-order chi connectivity index (χ0) is 22.9. The van der Waals surface area contributed by atoms with E-state index >= 15 is 0 Å². The highest BCUT2D eigenvalue weighted by Crippen LogP contribution is 2.40. The lowest BCUT2D eigenvalue weighted by molar-refractivity contribution is -0.133. The van der Waals surface area contributed by atoms with Crippen LogP contribution in [0.4, 0.5) is 5.69 Å². The first-order valence-electron chi connectivity index (χ1n) is 10.6. The van der Waals surface area contributed by atoms with Gasteiger partial charge in [-0.2, -0.15) is 0 Å². The fraction of sp³-hybridized carbons (Fsp3) is 0.417. The van der Waals surface area contributed by atoms with Crippen LogP contribution in [0.1, 0.15) is 30.6 Å². The number of rotatable bonds is 5. The number of hydrogen-bond donors (Lipinski definition) is 1. The van der Waals surface area contributed by atoms with Gasteiger partial charge in [-0.15, -0.1) is 0 Å². The maximum atomic E-state index is 12.6. The fourth-order valence-corrected chi connectivity index (χ4v) is 4.07. The van der Waals surface area contributed by atoms with Gasteiger partial charge in [-0.25, -0.2) is 0 Å². The van der Waals surface area contributed by atoms with Crippen LogP contribution in [0, 0.1) is 0 Å². The van der Waals surface area contributed by atoms with Gasteiger partial charge in [0.1, 0.15) is 34.2 Å². The summed E-state index contributed by atoms with van der Waals surface area (Å²) in [7, 11) is 1.64. The number of amides is 1. The van der Waals surface area contributed by atoms with Gasteiger partial charge in [-0.1, -0.05) is 0 Å². The Labute approximate surface area is 187 Å². The van der Waals surface area contributed by atoms with E-state index in [-0.39, 0.29) is 47.5 Å². The molecule has 0 spiro atoms. The average Bonchev–Trinajstić information content (AvgIpc) is 2.76. The van der Waals surface area contributed by atoms with Crippen LogP contribution in [0.15, 0.2) is 36.4 Å². The van der Waals surface area contributed by atoms with Crippen LogP contribution in [0.2, 0.25) is 0 Å². The summed E-state index contributed by atoms with van der Waals surface area (Å²) >= 11 is 0. The number of piperazine rings is 1. The molecule has 8 nitrogen and oxygen atoms in total. The number of hydrogen-bond acceptors (Lipinski definition) is 7. The van der Waals surface area contributed by atoms with Gasteiger partial charge in [0.05, 0.1) is 13.5 Å². The van der Waals surface area contributed by atoms with Gasteiger partial charge in [0, 0.05) is 44.0 Å². The second-order valence-electron chi connectivity index (χ2n) is 8.63. The van der Waals surface area contributed by atoms with Gasteiger partial charge in [0.2, 0.25) is 0 Å². The van der Waals surface area contributed by atoms with Gasteiger partial charge < -0.3 is 29.1 Å². The molecule has 8 heteroatoms. The van der Waals surface area contributed by atoms with Crippen molar-refractivity contribution in [1.82, 2.24) is 4.90 Å². The number of carbonyl (C=O) groups is 2. The zero-order valence-corrected chi connectivity index (χ0v) is 18.6. The third-order valence-electron chi connectivity index (χ3n) is 5.74. The molecule has 0 saturated carbocycles. The van der Waals surface area contributed by atoms with Crippen LogP contribution in [0.25, 0.3) is 0 Å². The number of phenolic OH excluding ortho intramolecular Hbond substituents is 1. The molecule has 2 heterocycles. The maximum absolute atomic E-state index is 12.6. The summed E-state index contributed by atoms with van der Waals surface area (Å²) in [5.41, 5.74) is 0.600. The minimum Gasteiger partial charge on any atom is -0.507 e. The van der Waals surface area contributed by atoms with Crippen molar-refractivity contribution in [2.45, 2.75) is 25.9 Å². The normalized spacial score (nSPS) is 17.4. The first-order chi connectivity index (χ1) is 15.3. The number of Topliss-reactive ketones (excluding diaryl/α,β-unsaturated/α-hetero) is 1. The van der Waals surface area contributed by atoms with Crippen molar-refractivity contribution >= 4 is 17.4 Å². The highest BCUT2D eigenvalue weighted by Gasteiger charge is 2.35. The number of nitrogens with zero attached hydrogens (tertiary/aromatic N) is 2. The van der Waals surface area contributed by atoms with Crippen molar-refractivity contribution in [2.75, 3.05) is 44.8 Å². The molecule has 0 unspecified atom stereocenters. The summed E-state index contributed by atoms with van der Waals surface area (Å²) in [4.78, 5) is 28.9. The molecule has 0 radical (unpaired) electrons. The van der Waals surface area contributed by atoms with E-state index in [1.807, 2.05) is 38.1 Å². The van der Waals surface area contributed by atoms with Gasteiger partial charge in [0.25, 0.3) is 5.91 Å². The average molecular weight is 440 g/mol. The number of ketones is 1. The smallest absolute Gasteiger partial charge is 0.260 e. The van der Waals surface area contributed by atoms with Crippen molar-refractivity contribution in [3.63, 3.8) is 0 Å². The molecule has 1 amide bonds. The minimum absolute atomic E-state index is 0.131. The molecule has 2 aromatic carbocycles. The molecular weight excluding hydrogens is 412 g/mol. The quantitative estimate of drug-likeness (QED) is 0.765. The molecule has 32 heavy (non-hydrogen) atoms. The van der Waals surface area contributed by atoms with E-state index < -0.39 is 5.60 Å². The van der Waals surface area contributed by atoms with Crippen LogP contribution in [0.3, 0.4) is 0 Å². The molecule has 1 saturated heterocycles. The molecule has 4 rings (SSSR count). The standard InChI is InChI=1S/C24H28N2O6/c1-24(2)14-20(28)23-19(27)12-18(13-21(23)32-24)31-15-22(29)26-10-8-25(9-11-26)16-4-6-17(30-3)7-5-16/h4-7,12-13,27H,8-11,14-15H2,1-3H3. The molecule has 0 aromatic heterocycles. The number of aromatic hydroxyl groups is 1. The summed E-state index contributed by atoms with van der Waals surface area (Å²) in [6.07, 6.45) is 0.189. The Balaban J connectivity index is 1.33. The summed E-state index contributed by atoms with van der Waals surface area (Å²) < 4.78 is 16.7. The van der Waals surface area contributed by atoms with E-state index in [0.29, 0.717) is 13.1 Å². The van der Waals surface area contributed by atoms with Gasteiger partial charge in [-0.3, -0.25) is 9.59 Å². The monoisotopic (exact) mass is 440 g/mol. The van der Waals surface area contributed by atoms with Crippen LogP contribution >= 0.6 is 0 Å². The van der Waals surface area contributed by atoms with E-state index in [4.69, 9.17) is 14.2 Å². The Bertz CT molecular complexity index is 1010. The first-order valence-corrected chi connectivity index (χ1v) is 10.6. The van der Waals surface area contributed by atoms with Gasteiger partial charge in [-0.05, 0) is 38.1 Å². The minimum atomic E-state index is -0.658. The number of anilines is 1. The predicted octanol–water partition coefficient (Wildman–Crippen LogP) is 2.87. The molecule has 2 aromatic rings. The number of carbonyl (C=O) groups excluding carboxylic acids is 2. The lowest BCUT2D eigenvalue weighted by Crippen LogP contribution is -2.50. The number of fused-ring (bicyclic) bond motifs is 1. The van der Waals surface area contributed by atoms with Crippen molar-refractivity contribution in [3.05, 3.63) is 42.0 Å². The third-order valence-corrected chi connectivity index (χ3v) is 5.74. The molecule has 0 aliphatic carbocycles. The number of methoxy groups -OCH3 is 1. The Hall–Kier alpha value is -3.42. The summed E-state index contributed by atoms with van der Waals surface area (Å²) in [5.74, 6) is 0.878. The van der Waals surface area contributed by atoms with Crippen molar-refractivity contribution < 1.29 is 28.9 Å². The molecule has 1 fully saturated rings. The van der Waals surface area contributed by atoms with Gasteiger partial charge in [0.15, 0.2) is 12.4 Å². The molecule has 1 N–H and O–H groups in total. The number of benzene rings is 2. The third kappa shape index (κ3) is 4.59. The van der Waals surface area contributed by atoms with E-state index in [1.54, 1.807) is 18.1 Å². The Morgan fingerprint density at radius 1 is 1.09 bits per heavy atom. The van der Waals surface area contributed by atoms with E-state index in [9.17, 15) is 14.7 Å². The highest BCUT2D eigenvalue weighted by atomic mass is 16.5. The van der Waals surface area contributed by atoms with Crippen molar-refractivity contribution in [2.24, 2.45) is 0 Å². The fourth-order valence-electron chi connectivity index (χ4n) is 4.07. The molecular formula is C24H28N2O6. The highest BCUT2D eigenvalue weighted by molar-refractivity contribution is 6.03. The summed E-state index contributed by atoms with van der Waals surface area (Å²) in [6.45, 7) is 6.11. The lowest BCUT2D eigenvalue weighted by Gasteiger charge is -2.36. The summed E-state index contributed by atoms with van der Waals surface area (Å²) in [6, 6.07) is 10.8. The lowest BCUT2D eigenvalue weighted by atomic mass is 9.92. The van der Waals surface area contributed by atoms with Gasteiger partial charge >= 0.3 is 0 Å². The largest absolute Gasteiger partial charge is 0.507 e. The SMILES string of the molecule is COc1ccc(N2CCN(C(=O)COc3cc(O)c4c(c3)OC(C)(C)CC4=O)CC2)cc1. The second-order valence-corrected chi connectivity index (χ2v) is 8.63. The van der Waals surface area contributed by atoms with Crippen molar-refractivity contribution in [3.8, 4) is 23.0 Å². The van der Waals surface area contributed by atoms with E-state index in [1.165, 1.54) is 6.07 Å². The van der Waals surface area contributed by atoms with Crippen LogP contribution < -0.4 is 19.1 Å². The second kappa shape index (κ2) is 8.61. The molecule has 2 aliphatic heterocycles. The van der Waals surface area contributed by atoms with Crippen molar-refractivity contribution in [1.29, 1.82) is 0 Å². The summed E-state index contributed by atoms with van der Waals surface area (Å²) in [5, 5.41) is 10.3. The molecule has 0 bridgehead atoms. The number of ether oxygens (including phenoxy) is 3. The van der Waals surface area contributed by atoms with E-state index in [0.717, 1.165) is 24.5 Å². The zero-order valence-electron chi connectivity index (χ0n) is 18.6. The van der Waals surface area contributed by atoms with Crippen LogP contribution in [0.5, 0.6) is 23.0 Å².